The number of carbonyl (C=O) groups excluding carboxylic acids is 1. The van der Waals surface area contributed by atoms with Crippen molar-refractivity contribution in [2.45, 2.75) is 18.9 Å². The van der Waals surface area contributed by atoms with Gasteiger partial charge >= 0.3 is 5.97 Å². The summed E-state index contributed by atoms with van der Waals surface area (Å²) in [5.41, 5.74) is -0.0725. The van der Waals surface area contributed by atoms with Crippen molar-refractivity contribution in [3.05, 3.63) is 33.6 Å². The van der Waals surface area contributed by atoms with E-state index in [9.17, 15) is 14.0 Å². The minimum absolute atomic E-state index is 0.00689. The lowest BCUT2D eigenvalue weighted by Gasteiger charge is -2.22. The van der Waals surface area contributed by atoms with Gasteiger partial charge < -0.3 is 10.0 Å². The first-order valence-electron chi connectivity index (χ1n) is 5.60. The fourth-order valence-corrected chi connectivity index (χ4v) is 2.57. The monoisotopic (exact) mass is 305 g/mol. The third kappa shape index (κ3) is 2.67. The molecule has 102 valence electrons. The van der Waals surface area contributed by atoms with E-state index in [1.807, 2.05) is 0 Å². The fraction of sp³-hybridized carbons (Fsp3) is 0.333. The zero-order chi connectivity index (χ0) is 14.2. The van der Waals surface area contributed by atoms with Gasteiger partial charge in [0.05, 0.1) is 15.6 Å². The summed E-state index contributed by atoms with van der Waals surface area (Å²) < 4.78 is 13.4. The molecule has 1 aliphatic heterocycles. The molecule has 0 aliphatic carbocycles. The van der Waals surface area contributed by atoms with Crippen molar-refractivity contribution in [1.82, 2.24) is 4.90 Å². The molecule has 0 bridgehead atoms. The summed E-state index contributed by atoms with van der Waals surface area (Å²) in [5, 5.41) is 8.85. The first-order valence-corrected chi connectivity index (χ1v) is 6.35. The average Bonchev–Trinajstić information content (AvgIpc) is 2.82. The summed E-state index contributed by atoms with van der Waals surface area (Å²) in [6.45, 7) is 0.316. The first-order chi connectivity index (χ1) is 8.91. The second-order valence-electron chi connectivity index (χ2n) is 4.24. The summed E-state index contributed by atoms with van der Waals surface area (Å²) in [7, 11) is 0. The number of halogens is 3. The summed E-state index contributed by atoms with van der Waals surface area (Å²) in [4.78, 5) is 24.4. The second-order valence-corrected chi connectivity index (χ2v) is 5.06. The van der Waals surface area contributed by atoms with E-state index in [0.29, 0.717) is 19.4 Å². The van der Waals surface area contributed by atoms with Gasteiger partial charge in [0.2, 0.25) is 0 Å². The number of hydrogen-bond acceptors (Lipinski definition) is 2. The van der Waals surface area contributed by atoms with Crippen LogP contribution >= 0.6 is 23.2 Å². The Balaban J connectivity index is 2.34. The Hall–Kier alpha value is -1.33. The molecule has 1 atom stereocenters. The zero-order valence-corrected chi connectivity index (χ0v) is 11.2. The van der Waals surface area contributed by atoms with Crippen LogP contribution in [0.15, 0.2) is 12.1 Å². The molecule has 0 aromatic heterocycles. The van der Waals surface area contributed by atoms with E-state index in [-0.39, 0.29) is 15.6 Å². The lowest BCUT2D eigenvalue weighted by atomic mass is 10.1. The summed E-state index contributed by atoms with van der Waals surface area (Å²) >= 11 is 11.4. The van der Waals surface area contributed by atoms with E-state index in [0.717, 1.165) is 12.1 Å². The van der Waals surface area contributed by atoms with Crippen LogP contribution in [-0.4, -0.2) is 34.5 Å². The van der Waals surface area contributed by atoms with E-state index >= 15 is 0 Å². The maximum atomic E-state index is 13.4. The lowest BCUT2D eigenvalue weighted by Crippen LogP contribution is -2.40. The van der Waals surface area contributed by atoms with Crippen LogP contribution in [0.5, 0.6) is 0 Å². The van der Waals surface area contributed by atoms with Crippen LogP contribution in [0.3, 0.4) is 0 Å². The standard InChI is InChI=1S/C12H10Cl2FNO3/c13-7-5-8(14)9(15)4-6(7)11(17)16-3-1-2-10(16)12(18)19/h4-5,10H,1-3H2,(H,18,19). The quantitative estimate of drug-likeness (QED) is 0.855. The molecular formula is C12H10Cl2FNO3. The van der Waals surface area contributed by atoms with Crippen LogP contribution in [0.25, 0.3) is 0 Å². The van der Waals surface area contributed by atoms with Gasteiger partial charge in [0.1, 0.15) is 11.9 Å². The van der Waals surface area contributed by atoms with Crippen molar-refractivity contribution in [1.29, 1.82) is 0 Å². The van der Waals surface area contributed by atoms with Crippen LogP contribution in [0.2, 0.25) is 10.0 Å². The maximum absolute atomic E-state index is 13.4. The molecule has 1 aliphatic rings. The molecule has 1 saturated heterocycles. The highest BCUT2D eigenvalue weighted by atomic mass is 35.5. The van der Waals surface area contributed by atoms with E-state index in [4.69, 9.17) is 28.3 Å². The number of carbonyl (C=O) groups is 2. The lowest BCUT2D eigenvalue weighted by molar-refractivity contribution is -0.141. The largest absolute Gasteiger partial charge is 0.480 e. The minimum atomic E-state index is -1.07. The van der Waals surface area contributed by atoms with Crippen molar-refractivity contribution in [3.63, 3.8) is 0 Å². The van der Waals surface area contributed by atoms with Crippen LogP contribution in [-0.2, 0) is 4.79 Å². The molecule has 19 heavy (non-hydrogen) atoms. The molecule has 1 fully saturated rings. The van der Waals surface area contributed by atoms with Crippen LogP contribution in [0.1, 0.15) is 23.2 Å². The number of aliphatic carboxylic acids is 1. The summed E-state index contributed by atoms with van der Waals surface area (Å²) in [5.74, 6) is -2.43. The third-order valence-corrected chi connectivity index (χ3v) is 3.64. The molecule has 1 unspecified atom stereocenters. The highest BCUT2D eigenvalue weighted by Crippen LogP contribution is 2.28. The van der Waals surface area contributed by atoms with Crippen molar-refractivity contribution in [2.75, 3.05) is 6.54 Å². The van der Waals surface area contributed by atoms with Gasteiger partial charge in [0, 0.05) is 6.54 Å². The molecule has 1 aromatic rings. The molecule has 1 aromatic carbocycles. The molecule has 7 heteroatoms. The number of carboxylic acids is 1. The molecule has 1 heterocycles. The topological polar surface area (TPSA) is 57.6 Å². The minimum Gasteiger partial charge on any atom is -0.480 e. The fourth-order valence-electron chi connectivity index (χ4n) is 2.11. The number of rotatable bonds is 2. The average molecular weight is 306 g/mol. The van der Waals surface area contributed by atoms with E-state index in [1.54, 1.807) is 0 Å². The number of benzene rings is 1. The third-order valence-electron chi connectivity index (χ3n) is 3.04. The molecule has 4 nitrogen and oxygen atoms in total. The van der Waals surface area contributed by atoms with Gasteiger partial charge in [-0.1, -0.05) is 23.2 Å². The molecule has 0 radical (unpaired) electrons. The van der Waals surface area contributed by atoms with Gasteiger partial charge in [-0.3, -0.25) is 4.79 Å². The normalized spacial score (nSPS) is 18.7. The van der Waals surface area contributed by atoms with Crippen LogP contribution in [0, 0.1) is 5.82 Å². The van der Waals surface area contributed by atoms with Crippen molar-refractivity contribution >= 4 is 35.1 Å². The highest BCUT2D eigenvalue weighted by molar-refractivity contribution is 6.36. The summed E-state index contributed by atoms with van der Waals surface area (Å²) in [6, 6.07) is 1.18. The number of amides is 1. The Morgan fingerprint density at radius 3 is 2.63 bits per heavy atom. The van der Waals surface area contributed by atoms with Crippen LogP contribution in [0.4, 0.5) is 4.39 Å². The highest BCUT2D eigenvalue weighted by Gasteiger charge is 2.35. The Bertz CT molecular complexity index is 550. The number of carboxylic acid groups (broad SMARTS) is 1. The van der Waals surface area contributed by atoms with Gasteiger partial charge in [0.25, 0.3) is 5.91 Å². The molecule has 2 rings (SSSR count). The van der Waals surface area contributed by atoms with E-state index in [1.165, 1.54) is 4.90 Å². The molecule has 0 spiro atoms. The SMILES string of the molecule is O=C(O)C1CCCN1C(=O)c1cc(F)c(Cl)cc1Cl. The molecule has 1 N–H and O–H groups in total. The van der Waals surface area contributed by atoms with Crippen LogP contribution < -0.4 is 0 Å². The van der Waals surface area contributed by atoms with Gasteiger partial charge in [-0.2, -0.15) is 0 Å². The van der Waals surface area contributed by atoms with Gasteiger partial charge in [-0.05, 0) is 25.0 Å². The van der Waals surface area contributed by atoms with Crippen molar-refractivity contribution < 1.29 is 19.1 Å². The van der Waals surface area contributed by atoms with Gasteiger partial charge in [0.15, 0.2) is 0 Å². The van der Waals surface area contributed by atoms with Gasteiger partial charge in [-0.15, -0.1) is 0 Å². The van der Waals surface area contributed by atoms with E-state index < -0.39 is 23.7 Å². The van der Waals surface area contributed by atoms with E-state index in [2.05, 4.69) is 0 Å². The predicted molar refractivity (Wildman–Crippen MR) is 68.1 cm³/mol. The van der Waals surface area contributed by atoms with Crippen molar-refractivity contribution in [3.8, 4) is 0 Å². The smallest absolute Gasteiger partial charge is 0.326 e. The summed E-state index contributed by atoms with van der Waals surface area (Å²) in [6.07, 6.45) is 0.977. The number of hydrogen-bond donors (Lipinski definition) is 1. The first kappa shape index (κ1) is 14.1. The Morgan fingerprint density at radius 2 is 2.00 bits per heavy atom. The molecule has 0 saturated carbocycles. The van der Waals surface area contributed by atoms with Gasteiger partial charge in [-0.25, -0.2) is 9.18 Å². The van der Waals surface area contributed by atoms with Crippen molar-refractivity contribution in [2.24, 2.45) is 0 Å². The Kier molecular flexibility index (Phi) is 3.96. The Morgan fingerprint density at radius 1 is 1.32 bits per heavy atom. The number of likely N-dealkylation sites (tertiary alicyclic amines) is 1. The predicted octanol–water partition coefficient (Wildman–Crippen LogP) is 2.82. The number of nitrogens with zero attached hydrogens (tertiary/aromatic N) is 1. The molecule has 1 amide bonds. The molecular weight excluding hydrogens is 296 g/mol. The Labute approximate surface area is 118 Å². The maximum Gasteiger partial charge on any atom is 0.326 e. The zero-order valence-electron chi connectivity index (χ0n) is 9.70. The second kappa shape index (κ2) is 5.35.